The summed E-state index contributed by atoms with van der Waals surface area (Å²) in [4.78, 5) is 19.8. The SMILES string of the molecule is O=C(c1cc(F)cnc1Cl)N1CCCN(CCO)CC1. The van der Waals surface area contributed by atoms with Gasteiger partial charge in [-0.2, -0.15) is 0 Å². The van der Waals surface area contributed by atoms with E-state index in [0.717, 1.165) is 25.2 Å². The Balaban J connectivity index is 2.07. The van der Waals surface area contributed by atoms with Crippen LogP contribution in [0.3, 0.4) is 0 Å². The van der Waals surface area contributed by atoms with E-state index in [9.17, 15) is 9.18 Å². The predicted molar refractivity (Wildman–Crippen MR) is 73.3 cm³/mol. The zero-order chi connectivity index (χ0) is 14.5. The van der Waals surface area contributed by atoms with Crippen LogP contribution in [-0.4, -0.2) is 65.1 Å². The summed E-state index contributed by atoms with van der Waals surface area (Å²) in [5, 5.41) is 8.96. The van der Waals surface area contributed by atoms with E-state index in [2.05, 4.69) is 9.88 Å². The Hall–Kier alpha value is -1.24. The number of halogens is 2. The summed E-state index contributed by atoms with van der Waals surface area (Å²) >= 11 is 5.86. The minimum absolute atomic E-state index is 0.0212. The van der Waals surface area contributed by atoms with Crippen molar-refractivity contribution in [3.8, 4) is 0 Å². The van der Waals surface area contributed by atoms with Gasteiger partial charge in [0.05, 0.1) is 18.4 Å². The summed E-state index contributed by atoms with van der Waals surface area (Å²) in [6, 6.07) is 1.12. The molecule has 7 heteroatoms. The first-order valence-electron chi connectivity index (χ1n) is 6.55. The molecule has 0 atom stereocenters. The standard InChI is InChI=1S/C13H17ClFN3O2/c14-12-11(8-10(15)9-16-12)13(20)18-3-1-2-17(4-5-18)6-7-19/h8-9,19H,1-7H2. The third-order valence-electron chi connectivity index (χ3n) is 3.33. The molecule has 0 aromatic carbocycles. The van der Waals surface area contributed by atoms with Crippen LogP contribution in [0, 0.1) is 5.82 Å². The lowest BCUT2D eigenvalue weighted by molar-refractivity contribution is 0.0759. The summed E-state index contributed by atoms with van der Waals surface area (Å²) in [6.07, 6.45) is 1.80. The van der Waals surface area contributed by atoms with Gasteiger partial charge in [-0.05, 0) is 19.0 Å². The van der Waals surface area contributed by atoms with Gasteiger partial charge in [0, 0.05) is 26.2 Å². The number of aromatic nitrogens is 1. The van der Waals surface area contributed by atoms with Crippen LogP contribution in [0.2, 0.25) is 5.15 Å². The average molecular weight is 302 g/mol. The number of carbonyl (C=O) groups is 1. The fourth-order valence-electron chi connectivity index (χ4n) is 2.28. The second-order valence-corrected chi connectivity index (χ2v) is 5.06. The number of aliphatic hydroxyl groups is 1. The molecule has 20 heavy (non-hydrogen) atoms. The molecule has 1 aromatic rings. The van der Waals surface area contributed by atoms with Gasteiger partial charge in [0.15, 0.2) is 0 Å². The Morgan fingerprint density at radius 2 is 2.20 bits per heavy atom. The first kappa shape index (κ1) is 15.2. The summed E-state index contributed by atoms with van der Waals surface area (Å²) in [5.41, 5.74) is 0.0993. The molecular weight excluding hydrogens is 285 g/mol. The van der Waals surface area contributed by atoms with Gasteiger partial charge in [-0.25, -0.2) is 9.37 Å². The number of β-amino-alcohol motifs (C(OH)–C–C–N with tert-alkyl or cyclic N) is 1. The van der Waals surface area contributed by atoms with Crippen LogP contribution in [0.25, 0.3) is 0 Å². The predicted octanol–water partition coefficient (Wildman–Crippen LogP) is 1.01. The minimum Gasteiger partial charge on any atom is -0.395 e. The highest BCUT2D eigenvalue weighted by Gasteiger charge is 2.22. The second kappa shape index (κ2) is 6.97. The zero-order valence-electron chi connectivity index (χ0n) is 11.1. The quantitative estimate of drug-likeness (QED) is 0.847. The lowest BCUT2D eigenvalue weighted by atomic mass is 10.2. The molecule has 2 rings (SSSR count). The Morgan fingerprint density at radius 1 is 1.40 bits per heavy atom. The van der Waals surface area contributed by atoms with E-state index in [-0.39, 0.29) is 23.2 Å². The monoisotopic (exact) mass is 301 g/mol. The second-order valence-electron chi connectivity index (χ2n) is 4.70. The highest BCUT2D eigenvalue weighted by Crippen LogP contribution is 2.17. The van der Waals surface area contributed by atoms with Crippen LogP contribution in [-0.2, 0) is 0 Å². The van der Waals surface area contributed by atoms with Crippen LogP contribution < -0.4 is 0 Å². The summed E-state index contributed by atoms with van der Waals surface area (Å²) in [5.74, 6) is -0.873. The molecule has 1 aliphatic heterocycles. The van der Waals surface area contributed by atoms with E-state index >= 15 is 0 Å². The van der Waals surface area contributed by atoms with Gasteiger partial charge in [0.1, 0.15) is 11.0 Å². The fraction of sp³-hybridized carbons (Fsp3) is 0.538. The first-order chi connectivity index (χ1) is 9.61. The maximum absolute atomic E-state index is 13.2. The van der Waals surface area contributed by atoms with E-state index < -0.39 is 5.82 Å². The Kier molecular flexibility index (Phi) is 5.28. The molecule has 1 N–H and O–H groups in total. The Labute approximate surface area is 122 Å². The number of nitrogens with zero attached hydrogens (tertiary/aromatic N) is 3. The number of rotatable bonds is 3. The topological polar surface area (TPSA) is 56.7 Å². The van der Waals surface area contributed by atoms with Crippen molar-refractivity contribution in [2.45, 2.75) is 6.42 Å². The van der Waals surface area contributed by atoms with Crippen LogP contribution in [0.1, 0.15) is 16.8 Å². The van der Waals surface area contributed by atoms with Crippen LogP contribution in [0.15, 0.2) is 12.3 Å². The van der Waals surface area contributed by atoms with Gasteiger partial charge >= 0.3 is 0 Å². The smallest absolute Gasteiger partial charge is 0.257 e. The van der Waals surface area contributed by atoms with Crippen molar-refractivity contribution in [2.75, 3.05) is 39.3 Å². The van der Waals surface area contributed by atoms with Crippen LogP contribution >= 0.6 is 11.6 Å². The molecule has 1 amide bonds. The highest BCUT2D eigenvalue weighted by atomic mass is 35.5. The molecule has 110 valence electrons. The number of amides is 1. The van der Waals surface area contributed by atoms with Crippen molar-refractivity contribution in [1.82, 2.24) is 14.8 Å². The van der Waals surface area contributed by atoms with E-state index in [1.54, 1.807) is 4.90 Å². The van der Waals surface area contributed by atoms with Crippen LogP contribution in [0.4, 0.5) is 4.39 Å². The maximum atomic E-state index is 13.2. The molecule has 0 unspecified atom stereocenters. The number of hydrogen-bond acceptors (Lipinski definition) is 4. The molecular formula is C13H17ClFN3O2. The molecule has 0 spiro atoms. The summed E-state index contributed by atoms with van der Waals surface area (Å²) < 4.78 is 13.2. The molecule has 1 saturated heterocycles. The van der Waals surface area contributed by atoms with Gasteiger partial charge in [0.25, 0.3) is 5.91 Å². The lowest BCUT2D eigenvalue weighted by Gasteiger charge is -2.21. The van der Waals surface area contributed by atoms with Gasteiger partial charge in [-0.15, -0.1) is 0 Å². The van der Waals surface area contributed by atoms with E-state index in [0.29, 0.717) is 26.2 Å². The van der Waals surface area contributed by atoms with Gasteiger partial charge < -0.3 is 10.0 Å². The zero-order valence-corrected chi connectivity index (χ0v) is 11.8. The minimum atomic E-state index is -0.575. The average Bonchev–Trinajstić information content (AvgIpc) is 2.67. The van der Waals surface area contributed by atoms with Crippen molar-refractivity contribution in [2.24, 2.45) is 0 Å². The van der Waals surface area contributed by atoms with Gasteiger partial charge in [0.2, 0.25) is 0 Å². The van der Waals surface area contributed by atoms with E-state index in [1.807, 2.05) is 0 Å². The first-order valence-corrected chi connectivity index (χ1v) is 6.93. The molecule has 0 bridgehead atoms. The van der Waals surface area contributed by atoms with Crippen molar-refractivity contribution in [3.05, 3.63) is 28.8 Å². The van der Waals surface area contributed by atoms with Crippen molar-refractivity contribution in [3.63, 3.8) is 0 Å². The summed E-state index contributed by atoms with van der Waals surface area (Å²) in [6.45, 7) is 3.35. The van der Waals surface area contributed by atoms with Crippen LogP contribution in [0.5, 0.6) is 0 Å². The normalized spacial score (nSPS) is 17.1. The Morgan fingerprint density at radius 3 is 2.95 bits per heavy atom. The molecule has 2 heterocycles. The van der Waals surface area contributed by atoms with Crippen molar-refractivity contribution < 1.29 is 14.3 Å². The molecule has 0 radical (unpaired) electrons. The van der Waals surface area contributed by atoms with Gasteiger partial charge in [-0.1, -0.05) is 11.6 Å². The van der Waals surface area contributed by atoms with Crippen molar-refractivity contribution >= 4 is 17.5 Å². The molecule has 0 saturated carbocycles. The molecule has 5 nitrogen and oxygen atoms in total. The largest absolute Gasteiger partial charge is 0.395 e. The number of pyridine rings is 1. The van der Waals surface area contributed by atoms with Crippen molar-refractivity contribution in [1.29, 1.82) is 0 Å². The number of aliphatic hydroxyl groups excluding tert-OH is 1. The third kappa shape index (κ3) is 3.65. The fourth-order valence-corrected chi connectivity index (χ4v) is 2.47. The molecule has 1 fully saturated rings. The molecule has 1 aliphatic rings. The maximum Gasteiger partial charge on any atom is 0.257 e. The van der Waals surface area contributed by atoms with E-state index in [4.69, 9.17) is 16.7 Å². The van der Waals surface area contributed by atoms with E-state index in [1.165, 1.54) is 0 Å². The number of carbonyl (C=O) groups excluding carboxylic acids is 1. The van der Waals surface area contributed by atoms with Gasteiger partial charge in [-0.3, -0.25) is 9.69 Å². The summed E-state index contributed by atoms with van der Waals surface area (Å²) in [7, 11) is 0. The highest BCUT2D eigenvalue weighted by molar-refractivity contribution is 6.32. The Bertz CT molecular complexity index is 487. The molecule has 0 aliphatic carbocycles. The number of hydrogen-bond donors (Lipinski definition) is 1. The molecule has 1 aromatic heterocycles. The lowest BCUT2D eigenvalue weighted by Crippen LogP contribution is -2.36. The third-order valence-corrected chi connectivity index (χ3v) is 3.63.